The number of fused-ring (bicyclic) bond motifs is 1. The number of piperidine rings is 3. The fourth-order valence-corrected chi connectivity index (χ4v) is 9.48. The number of hydrogen-bond donors (Lipinski definition) is 2. The zero-order valence-corrected chi connectivity index (χ0v) is 33.0. The Morgan fingerprint density at radius 2 is 1.75 bits per heavy atom. The van der Waals surface area contributed by atoms with Crippen LogP contribution in [0.15, 0.2) is 48.7 Å². The van der Waals surface area contributed by atoms with Crippen LogP contribution in [0.25, 0.3) is 0 Å². The van der Waals surface area contributed by atoms with Crippen molar-refractivity contribution in [2.45, 2.75) is 88.8 Å². The highest BCUT2D eigenvalue weighted by Gasteiger charge is 2.40. The van der Waals surface area contributed by atoms with Crippen molar-refractivity contribution in [1.82, 2.24) is 34.9 Å². The Bertz CT molecular complexity index is 2060. The van der Waals surface area contributed by atoms with Crippen molar-refractivity contribution in [1.29, 1.82) is 0 Å². The topological polar surface area (TPSA) is 165 Å². The first-order valence-corrected chi connectivity index (χ1v) is 20.5. The lowest BCUT2D eigenvalue weighted by atomic mass is 9.74. The van der Waals surface area contributed by atoms with Crippen LogP contribution in [0.4, 0.5) is 10.6 Å². The molecule has 4 saturated heterocycles. The van der Waals surface area contributed by atoms with Gasteiger partial charge in [-0.1, -0.05) is 43.3 Å². The van der Waals surface area contributed by atoms with Crippen LogP contribution in [-0.2, 0) is 34.4 Å². The molecule has 14 heteroatoms. The number of urea groups is 1. The average Bonchev–Trinajstić information content (AvgIpc) is 3.73. The Labute approximate surface area is 333 Å². The molecular weight excluding hydrogens is 723 g/mol. The number of rotatable bonds is 11. The van der Waals surface area contributed by atoms with E-state index in [1.54, 1.807) is 16.0 Å². The first-order chi connectivity index (χ1) is 27.5. The van der Waals surface area contributed by atoms with E-state index in [1.807, 2.05) is 24.1 Å². The monoisotopic (exact) mass is 775 g/mol. The quantitative estimate of drug-likeness (QED) is 0.278. The molecule has 0 radical (unpaired) electrons. The minimum absolute atomic E-state index is 0.0452. The van der Waals surface area contributed by atoms with Crippen LogP contribution in [0.2, 0.25) is 0 Å². The van der Waals surface area contributed by atoms with Crippen molar-refractivity contribution < 1.29 is 24.0 Å². The van der Waals surface area contributed by atoms with Gasteiger partial charge in [0.15, 0.2) is 0 Å². The predicted molar refractivity (Wildman–Crippen MR) is 214 cm³/mol. The summed E-state index contributed by atoms with van der Waals surface area (Å²) in [5, 5.41) is 2.39. The average molecular weight is 776 g/mol. The number of likely N-dealkylation sites (N-methyl/N-ethyl adjacent to an activating group) is 1. The summed E-state index contributed by atoms with van der Waals surface area (Å²) in [7, 11) is 1.84. The van der Waals surface area contributed by atoms with Crippen molar-refractivity contribution in [3.63, 3.8) is 0 Å². The molecule has 2 atom stereocenters. The molecule has 6 heterocycles. The first-order valence-electron chi connectivity index (χ1n) is 20.5. The number of imide groups is 1. The zero-order valence-electron chi connectivity index (χ0n) is 33.0. The number of likely N-dealkylation sites (tertiary alicyclic amines) is 1. The number of nitrogens with zero attached hydrogens (tertiary/aromatic N) is 7. The number of nitrogens with one attached hydrogen (secondary N) is 1. The Balaban J connectivity index is 0.850. The van der Waals surface area contributed by atoms with Crippen molar-refractivity contribution in [2.75, 3.05) is 57.8 Å². The van der Waals surface area contributed by atoms with Gasteiger partial charge in [-0.3, -0.25) is 24.5 Å². The number of amides is 6. The number of aryl methyl sites for hydroxylation is 1. The van der Waals surface area contributed by atoms with Crippen LogP contribution in [0.3, 0.4) is 0 Å². The van der Waals surface area contributed by atoms with Gasteiger partial charge < -0.3 is 30.2 Å². The molecule has 1 unspecified atom stereocenters. The largest absolute Gasteiger partial charge is 0.364 e. The standard InChI is InChI=1S/C43H53N9O5/c1-43(16-20-49(21-17-43)18-4-7-29-6-3-9-32-33(29)27-52(41(32)56)35-14-15-37(53)47-40(35)55)30-12-10-28(11-13-30)24-34-38(39(44)54)45-25-36(46-34)50-19-5-8-31(26-50)51-23-22-48(2)42(51)57/h3,6,9-13,25,31,35H,4-5,7-8,14-24,26-27H2,1-2H3,(H2,44,54)(H,47,53,55)/t31-,35?/m1/s1. The maximum Gasteiger partial charge on any atom is 0.320 e. The van der Waals surface area contributed by atoms with E-state index >= 15 is 0 Å². The summed E-state index contributed by atoms with van der Waals surface area (Å²) in [6.07, 6.45) is 8.48. The van der Waals surface area contributed by atoms with Crippen molar-refractivity contribution in [2.24, 2.45) is 5.73 Å². The normalized spacial score (nSPS) is 22.6. The van der Waals surface area contributed by atoms with E-state index in [9.17, 15) is 24.0 Å². The molecule has 3 N–H and O–H groups in total. The van der Waals surface area contributed by atoms with Crippen molar-refractivity contribution in [3.8, 4) is 0 Å². The molecule has 1 aromatic heterocycles. The molecule has 0 spiro atoms. The molecule has 3 aromatic rings. The third-order valence-corrected chi connectivity index (χ3v) is 13.1. The van der Waals surface area contributed by atoms with Gasteiger partial charge in [0.05, 0.1) is 17.9 Å². The Morgan fingerprint density at radius 3 is 2.47 bits per heavy atom. The Hall–Kier alpha value is -5.37. The molecule has 5 aliphatic rings. The number of nitrogens with two attached hydrogens (primary N) is 1. The number of carbonyl (C=O) groups is 5. The van der Waals surface area contributed by atoms with Gasteiger partial charge in [0.1, 0.15) is 17.6 Å². The maximum atomic E-state index is 13.3. The Morgan fingerprint density at radius 1 is 0.965 bits per heavy atom. The number of hydrogen-bond acceptors (Lipinski definition) is 9. The number of anilines is 1. The van der Waals surface area contributed by atoms with Crippen LogP contribution in [0.5, 0.6) is 0 Å². The number of primary amides is 1. The smallest absolute Gasteiger partial charge is 0.320 e. The van der Waals surface area contributed by atoms with Gasteiger partial charge in [0, 0.05) is 58.2 Å². The molecule has 4 fully saturated rings. The highest BCUT2D eigenvalue weighted by molar-refractivity contribution is 6.05. The SMILES string of the molecule is CN1CCN([C@@H]2CCCN(c3cnc(C(N)=O)c(Cc4ccc(C5(C)CCN(CCCc6cccc7c6CN(C6CCC(=O)NC6=O)C7=O)CC5)cc4)n3)C2)C1=O. The molecule has 5 aliphatic heterocycles. The van der Waals surface area contributed by atoms with E-state index in [-0.39, 0.29) is 47.3 Å². The minimum atomic E-state index is -0.605. The van der Waals surface area contributed by atoms with Gasteiger partial charge >= 0.3 is 6.03 Å². The van der Waals surface area contributed by atoms with Crippen molar-refractivity contribution in [3.05, 3.63) is 87.9 Å². The summed E-state index contributed by atoms with van der Waals surface area (Å²) >= 11 is 0. The lowest BCUT2D eigenvalue weighted by Crippen LogP contribution is -2.52. The first kappa shape index (κ1) is 38.5. The minimum Gasteiger partial charge on any atom is -0.364 e. The second kappa shape index (κ2) is 15.9. The molecular formula is C43H53N9O5. The zero-order chi connectivity index (χ0) is 39.8. The van der Waals surface area contributed by atoms with Gasteiger partial charge in [-0.15, -0.1) is 0 Å². The van der Waals surface area contributed by atoms with Crippen molar-refractivity contribution >= 4 is 35.5 Å². The highest BCUT2D eigenvalue weighted by Crippen LogP contribution is 2.36. The summed E-state index contributed by atoms with van der Waals surface area (Å²) < 4.78 is 0. The van der Waals surface area contributed by atoms with Crippen LogP contribution < -0.4 is 16.0 Å². The molecule has 6 amide bonds. The number of aromatic nitrogens is 2. The van der Waals surface area contributed by atoms with E-state index in [0.29, 0.717) is 43.0 Å². The highest BCUT2D eigenvalue weighted by atomic mass is 16.2. The molecule has 57 heavy (non-hydrogen) atoms. The van der Waals surface area contributed by atoms with Crippen LogP contribution in [-0.4, -0.2) is 124 Å². The summed E-state index contributed by atoms with van der Waals surface area (Å²) in [4.78, 5) is 82.0. The molecule has 0 aliphatic carbocycles. The lowest BCUT2D eigenvalue weighted by Gasteiger charge is -2.40. The number of carbonyl (C=O) groups excluding carboxylic acids is 5. The van der Waals surface area contributed by atoms with Gasteiger partial charge in [-0.2, -0.15) is 0 Å². The summed E-state index contributed by atoms with van der Waals surface area (Å²) in [5.41, 5.74) is 11.7. The second-order valence-electron chi connectivity index (χ2n) is 16.8. The Kier molecular flexibility index (Phi) is 10.7. The van der Waals surface area contributed by atoms with Gasteiger partial charge in [-0.05, 0) is 98.3 Å². The van der Waals surface area contributed by atoms with E-state index in [1.165, 1.54) is 5.56 Å². The second-order valence-corrected chi connectivity index (χ2v) is 16.8. The molecule has 14 nitrogen and oxygen atoms in total. The van der Waals surface area contributed by atoms with Crippen LogP contribution >= 0.6 is 0 Å². The predicted octanol–water partition coefficient (Wildman–Crippen LogP) is 3.25. The van der Waals surface area contributed by atoms with Crippen LogP contribution in [0, 0.1) is 0 Å². The fraction of sp³-hybridized carbons (Fsp3) is 0.512. The molecule has 0 bridgehead atoms. The van der Waals surface area contributed by atoms with Gasteiger partial charge in [0.25, 0.3) is 11.8 Å². The van der Waals surface area contributed by atoms with E-state index in [0.717, 1.165) is 94.5 Å². The molecule has 0 saturated carbocycles. The third-order valence-electron chi connectivity index (χ3n) is 13.1. The fourth-order valence-electron chi connectivity index (χ4n) is 9.48. The lowest BCUT2D eigenvalue weighted by molar-refractivity contribution is -0.136. The molecule has 2 aromatic carbocycles. The van der Waals surface area contributed by atoms with E-state index in [2.05, 4.69) is 57.4 Å². The van der Waals surface area contributed by atoms with Crippen LogP contribution in [0.1, 0.15) is 101 Å². The van der Waals surface area contributed by atoms with Gasteiger partial charge in [-0.25, -0.2) is 14.8 Å². The van der Waals surface area contributed by atoms with Gasteiger partial charge in [0.2, 0.25) is 11.8 Å². The third kappa shape index (κ3) is 7.83. The number of benzene rings is 2. The molecule has 300 valence electrons. The summed E-state index contributed by atoms with van der Waals surface area (Å²) in [6, 6.07) is 14.1. The maximum absolute atomic E-state index is 13.3. The summed E-state index contributed by atoms with van der Waals surface area (Å²) in [5.74, 6) is -0.685. The van der Waals surface area contributed by atoms with E-state index in [4.69, 9.17) is 10.7 Å². The molecule has 8 rings (SSSR count). The summed E-state index contributed by atoms with van der Waals surface area (Å²) in [6.45, 7) is 8.68. The van der Waals surface area contributed by atoms with E-state index < -0.39 is 11.9 Å².